The Morgan fingerprint density at radius 3 is 1.83 bits per heavy atom. The van der Waals surface area contributed by atoms with Gasteiger partial charge in [-0.3, -0.25) is 0 Å². The first-order chi connectivity index (χ1) is 8.72. The Hall–Kier alpha value is -2.22. The summed E-state index contributed by atoms with van der Waals surface area (Å²) in [6.45, 7) is 4.08. The predicted molar refractivity (Wildman–Crippen MR) is 75.2 cm³/mol. The van der Waals surface area contributed by atoms with Crippen LogP contribution in [-0.2, 0) is 0 Å². The number of hydrogen-bond donors (Lipinski definition) is 0. The van der Waals surface area contributed by atoms with Crippen LogP contribution in [-0.4, -0.2) is 9.97 Å². The number of aryl methyl sites for hydroxylation is 2. The van der Waals surface area contributed by atoms with Gasteiger partial charge in [0.1, 0.15) is 5.82 Å². The van der Waals surface area contributed by atoms with Gasteiger partial charge in [-0.15, -0.1) is 0 Å². The molecule has 0 aliphatic carbocycles. The van der Waals surface area contributed by atoms with Gasteiger partial charge in [0.15, 0.2) is 0 Å². The first kappa shape index (κ1) is 9.77. The molecule has 3 aromatic carbocycles. The summed E-state index contributed by atoms with van der Waals surface area (Å²) in [5.41, 5.74) is 3.37. The fourth-order valence-corrected chi connectivity index (χ4v) is 2.85. The fraction of sp³-hybridized carbons (Fsp3) is 0.125. The Morgan fingerprint density at radius 2 is 1.28 bits per heavy atom. The van der Waals surface area contributed by atoms with Gasteiger partial charge in [-0.1, -0.05) is 24.3 Å². The summed E-state index contributed by atoms with van der Waals surface area (Å²) in [4.78, 5) is 9.08. The van der Waals surface area contributed by atoms with Crippen LogP contribution in [0.15, 0.2) is 36.4 Å². The van der Waals surface area contributed by atoms with Gasteiger partial charge in [-0.25, -0.2) is 9.97 Å². The first-order valence-corrected chi connectivity index (χ1v) is 6.12. The third kappa shape index (κ3) is 1.17. The molecule has 0 bridgehead atoms. The number of benzene rings is 3. The van der Waals surface area contributed by atoms with E-state index in [-0.39, 0.29) is 0 Å². The van der Waals surface area contributed by atoms with Crippen molar-refractivity contribution >= 4 is 32.6 Å². The lowest BCUT2D eigenvalue weighted by Gasteiger charge is -2.10. The van der Waals surface area contributed by atoms with E-state index in [4.69, 9.17) is 0 Å². The van der Waals surface area contributed by atoms with E-state index in [1.165, 1.54) is 27.1 Å². The van der Waals surface area contributed by atoms with Crippen molar-refractivity contribution in [3.63, 3.8) is 0 Å². The van der Waals surface area contributed by atoms with Gasteiger partial charge < -0.3 is 0 Å². The van der Waals surface area contributed by atoms with Gasteiger partial charge in [0, 0.05) is 10.8 Å². The zero-order valence-corrected chi connectivity index (χ0v) is 10.4. The third-order valence-electron chi connectivity index (χ3n) is 3.51. The van der Waals surface area contributed by atoms with Crippen molar-refractivity contribution < 1.29 is 0 Å². The Labute approximate surface area is 105 Å². The van der Waals surface area contributed by atoms with Crippen LogP contribution >= 0.6 is 0 Å². The number of rotatable bonds is 0. The summed E-state index contributed by atoms with van der Waals surface area (Å²) in [7, 11) is 0. The summed E-state index contributed by atoms with van der Waals surface area (Å²) in [5, 5.41) is 5.03. The van der Waals surface area contributed by atoms with Crippen LogP contribution in [0.3, 0.4) is 0 Å². The van der Waals surface area contributed by atoms with Gasteiger partial charge >= 0.3 is 0 Å². The summed E-state index contributed by atoms with van der Waals surface area (Å²) in [6, 6.07) is 13.0. The molecule has 1 heterocycles. The monoisotopic (exact) mass is 232 g/mol. The van der Waals surface area contributed by atoms with Crippen LogP contribution < -0.4 is 0 Å². The molecular formula is C16H12N2. The van der Waals surface area contributed by atoms with Crippen molar-refractivity contribution in [1.29, 1.82) is 0 Å². The highest BCUT2D eigenvalue weighted by Crippen LogP contribution is 2.33. The van der Waals surface area contributed by atoms with Gasteiger partial charge in [-0.2, -0.15) is 0 Å². The van der Waals surface area contributed by atoms with E-state index in [1.807, 2.05) is 6.92 Å². The van der Waals surface area contributed by atoms with Crippen LogP contribution in [0.1, 0.15) is 11.4 Å². The number of hydrogen-bond acceptors (Lipinski definition) is 2. The number of nitrogens with zero attached hydrogens (tertiary/aromatic N) is 2. The smallest absolute Gasteiger partial charge is 0.126 e. The Morgan fingerprint density at radius 1 is 0.722 bits per heavy atom. The summed E-state index contributed by atoms with van der Waals surface area (Å²) < 4.78 is 0. The van der Waals surface area contributed by atoms with Crippen LogP contribution in [0, 0.1) is 13.8 Å². The molecule has 0 aliphatic heterocycles. The minimum Gasteiger partial charge on any atom is -0.233 e. The normalized spacial score (nSPS) is 11.9. The second-order valence-corrected chi connectivity index (χ2v) is 4.90. The van der Waals surface area contributed by atoms with Gasteiger partial charge in [0.25, 0.3) is 0 Å². The van der Waals surface area contributed by atoms with E-state index >= 15 is 0 Å². The van der Waals surface area contributed by atoms with E-state index in [0.29, 0.717) is 0 Å². The molecule has 0 saturated heterocycles. The van der Waals surface area contributed by atoms with E-state index in [2.05, 4.69) is 53.3 Å². The maximum Gasteiger partial charge on any atom is 0.126 e. The summed E-state index contributed by atoms with van der Waals surface area (Å²) >= 11 is 0. The van der Waals surface area contributed by atoms with Crippen molar-refractivity contribution in [2.24, 2.45) is 0 Å². The van der Waals surface area contributed by atoms with Crippen molar-refractivity contribution in [3.8, 4) is 0 Å². The summed E-state index contributed by atoms with van der Waals surface area (Å²) in [6.07, 6.45) is 0. The Kier molecular flexibility index (Phi) is 1.72. The minimum atomic E-state index is 0.831. The second-order valence-electron chi connectivity index (χ2n) is 4.90. The van der Waals surface area contributed by atoms with Gasteiger partial charge in [-0.05, 0) is 42.3 Å². The molecule has 0 unspecified atom stereocenters. The molecule has 0 amide bonds. The average molecular weight is 232 g/mol. The van der Waals surface area contributed by atoms with E-state index in [1.54, 1.807) is 0 Å². The topological polar surface area (TPSA) is 25.8 Å². The zero-order valence-electron chi connectivity index (χ0n) is 10.4. The first-order valence-electron chi connectivity index (χ1n) is 6.12. The molecule has 1 aromatic heterocycles. The molecule has 2 nitrogen and oxygen atoms in total. The SMILES string of the molecule is Cc1cc2ccc3nc(C)nc4ccc(c1)c2c34. The highest BCUT2D eigenvalue weighted by Gasteiger charge is 2.10. The molecule has 4 rings (SSSR count). The molecule has 0 spiro atoms. The molecule has 0 N–H and O–H groups in total. The lowest BCUT2D eigenvalue weighted by molar-refractivity contribution is 1.12. The Balaban J connectivity index is 2.41. The molecule has 0 radical (unpaired) electrons. The van der Waals surface area contributed by atoms with Crippen LogP contribution in [0.2, 0.25) is 0 Å². The highest BCUT2D eigenvalue weighted by atomic mass is 14.9. The van der Waals surface area contributed by atoms with Crippen molar-refractivity contribution in [2.75, 3.05) is 0 Å². The molecule has 2 heteroatoms. The lowest BCUT2D eigenvalue weighted by atomic mass is 9.97. The zero-order chi connectivity index (χ0) is 12.3. The summed E-state index contributed by atoms with van der Waals surface area (Å²) in [5.74, 6) is 0.831. The lowest BCUT2D eigenvalue weighted by Crippen LogP contribution is -1.93. The largest absolute Gasteiger partial charge is 0.233 e. The molecule has 0 fully saturated rings. The fourth-order valence-electron chi connectivity index (χ4n) is 2.85. The van der Waals surface area contributed by atoms with Crippen LogP contribution in [0.25, 0.3) is 32.6 Å². The molecule has 0 aliphatic rings. The number of aromatic nitrogens is 2. The molecule has 0 saturated carbocycles. The van der Waals surface area contributed by atoms with Gasteiger partial charge in [0.2, 0.25) is 0 Å². The minimum absolute atomic E-state index is 0.831. The molecule has 0 atom stereocenters. The molecule has 4 aromatic rings. The van der Waals surface area contributed by atoms with Crippen LogP contribution in [0.4, 0.5) is 0 Å². The van der Waals surface area contributed by atoms with E-state index < -0.39 is 0 Å². The maximum atomic E-state index is 4.54. The molecular weight excluding hydrogens is 220 g/mol. The standard InChI is InChI=1S/C16H12N2/c1-9-7-11-3-5-13-16-14(18-10(2)17-13)6-4-12(8-9)15(11)16/h3-8H,1-2H3. The molecule has 86 valence electrons. The highest BCUT2D eigenvalue weighted by molar-refractivity contribution is 6.21. The Bertz CT molecular complexity index is 752. The van der Waals surface area contributed by atoms with Crippen LogP contribution in [0.5, 0.6) is 0 Å². The third-order valence-corrected chi connectivity index (χ3v) is 3.51. The van der Waals surface area contributed by atoms with Crippen molar-refractivity contribution in [3.05, 3.63) is 47.8 Å². The second kappa shape index (κ2) is 3.16. The maximum absolute atomic E-state index is 4.54. The van der Waals surface area contributed by atoms with E-state index in [0.717, 1.165) is 16.9 Å². The van der Waals surface area contributed by atoms with Gasteiger partial charge in [0.05, 0.1) is 11.0 Å². The average Bonchev–Trinajstić information content (AvgIpc) is 2.34. The molecule has 18 heavy (non-hydrogen) atoms. The predicted octanol–water partition coefficient (Wildman–Crippen LogP) is 3.99. The van der Waals surface area contributed by atoms with Crippen molar-refractivity contribution in [1.82, 2.24) is 9.97 Å². The quantitative estimate of drug-likeness (QED) is 0.428. The van der Waals surface area contributed by atoms with Crippen molar-refractivity contribution in [2.45, 2.75) is 13.8 Å². The van der Waals surface area contributed by atoms with E-state index in [9.17, 15) is 0 Å².